The van der Waals surface area contributed by atoms with Crippen LogP contribution in [0.2, 0.25) is 0 Å². The number of piperidine rings is 1. The Labute approximate surface area is 152 Å². The first-order chi connectivity index (χ1) is 12.5. The smallest absolute Gasteiger partial charge is 0.124 e. The van der Waals surface area contributed by atoms with Gasteiger partial charge >= 0.3 is 0 Å². The molecule has 2 aromatic carbocycles. The van der Waals surface area contributed by atoms with Gasteiger partial charge in [-0.05, 0) is 48.7 Å². The quantitative estimate of drug-likeness (QED) is 0.911. The first-order valence-electron chi connectivity index (χ1n) is 8.39. The Morgan fingerprint density at radius 1 is 1.08 bits per heavy atom. The molecular weight excluding hydrogens is 335 g/mol. The van der Waals surface area contributed by atoms with E-state index < -0.39 is 11.4 Å². The second kappa shape index (κ2) is 7.22. The van der Waals surface area contributed by atoms with Crippen LogP contribution < -0.4 is 14.4 Å². The van der Waals surface area contributed by atoms with E-state index in [4.69, 9.17) is 9.47 Å². The number of rotatable bonds is 4. The third-order valence-corrected chi connectivity index (χ3v) is 4.90. The van der Waals surface area contributed by atoms with Gasteiger partial charge in [0.15, 0.2) is 0 Å². The van der Waals surface area contributed by atoms with Crippen molar-refractivity contribution in [2.24, 2.45) is 0 Å². The summed E-state index contributed by atoms with van der Waals surface area (Å²) < 4.78 is 23.9. The summed E-state index contributed by atoms with van der Waals surface area (Å²) in [5.74, 6) is 0.823. The number of methoxy groups -OCH3 is 2. The number of ether oxygens (including phenoxy) is 2. The summed E-state index contributed by atoms with van der Waals surface area (Å²) in [5.41, 5.74) is 0.733. The minimum Gasteiger partial charge on any atom is -0.497 e. The van der Waals surface area contributed by atoms with Gasteiger partial charge in [-0.2, -0.15) is 5.26 Å². The number of anilines is 1. The molecule has 1 N–H and O–H groups in total. The van der Waals surface area contributed by atoms with Crippen LogP contribution in [0.4, 0.5) is 10.1 Å². The van der Waals surface area contributed by atoms with Crippen molar-refractivity contribution < 1.29 is 19.0 Å². The molecule has 2 aromatic rings. The van der Waals surface area contributed by atoms with Crippen LogP contribution in [0.15, 0.2) is 36.4 Å². The highest BCUT2D eigenvalue weighted by Crippen LogP contribution is 2.38. The van der Waals surface area contributed by atoms with Crippen molar-refractivity contribution in [3.63, 3.8) is 0 Å². The molecular formula is C20H21FN2O3. The second-order valence-corrected chi connectivity index (χ2v) is 6.39. The second-order valence-electron chi connectivity index (χ2n) is 6.39. The molecule has 0 bridgehead atoms. The van der Waals surface area contributed by atoms with Crippen molar-refractivity contribution in [1.29, 1.82) is 5.26 Å². The highest BCUT2D eigenvalue weighted by molar-refractivity contribution is 5.60. The summed E-state index contributed by atoms with van der Waals surface area (Å²) in [6, 6.07) is 11.6. The van der Waals surface area contributed by atoms with Crippen molar-refractivity contribution in [1.82, 2.24) is 0 Å². The zero-order valence-corrected chi connectivity index (χ0v) is 14.8. The number of hydrogen-bond acceptors (Lipinski definition) is 5. The van der Waals surface area contributed by atoms with E-state index in [1.807, 2.05) is 23.1 Å². The Bertz CT molecular complexity index is 817. The minimum absolute atomic E-state index is 0.304. The lowest BCUT2D eigenvalue weighted by Crippen LogP contribution is -2.43. The fourth-order valence-electron chi connectivity index (χ4n) is 3.36. The lowest BCUT2D eigenvalue weighted by Gasteiger charge is -2.40. The topological polar surface area (TPSA) is 65.7 Å². The van der Waals surface area contributed by atoms with Crippen LogP contribution in [0.5, 0.6) is 11.5 Å². The molecule has 5 nitrogen and oxygen atoms in total. The molecule has 1 aliphatic rings. The van der Waals surface area contributed by atoms with E-state index >= 15 is 0 Å². The lowest BCUT2D eigenvalue weighted by atomic mass is 9.84. The molecule has 0 radical (unpaired) electrons. The summed E-state index contributed by atoms with van der Waals surface area (Å²) in [4.78, 5) is 2.00. The normalized spacial score (nSPS) is 16.0. The third-order valence-electron chi connectivity index (χ3n) is 4.90. The van der Waals surface area contributed by atoms with E-state index in [2.05, 4.69) is 0 Å². The molecule has 0 spiro atoms. The van der Waals surface area contributed by atoms with Gasteiger partial charge in [-0.1, -0.05) is 0 Å². The van der Waals surface area contributed by atoms with Gasteiger partial charge in [0.1, 0.15) is 23.4 Å². The number of hydrogen-bond donors (Lipinski definition) is 1. The number of nitriles is 1. The lowest BCUT2D eigenvalue weighted by molar-refractivity contribution is 0.0114. The number of benzene rings is 2. The molecule has 1 heterocycles. The van der Waals surface area contributed by atoms with Crippen LogP contribution in [0.25, 0.3) is 0 Å². The number of halogens is 1. The first kappa shape index (κ1) is 18.0. The van der Waals surface area contributed by atoms with Crippen molar-refractivity contribution >= 4 is 5.69 Å². The molecule has 1 fully saturated rings. The predicted molar refractivity (Wildman–Crippen MR) is 96.0 cm³/mol. The maximum atomic E-state index is 13.4. The van der Waals surface area contributed by atoms with Gasteiger partial charge < -0.3 is 19.5 Å². The molecule has 0 amide bonds. The van der Waals surface area contributed by atoms with E-state index in [-0.39, 0.29) is 0 Å². The Hall–Kier alpha value is -2.78. The van der Waals surface area contributed by atoms with Crippen molar-refractivity contribution in [2.45, 2.75) is 18.4 Å². The Balaban J connectivity index is 1.83. The van der Waals surface area contributed by atoms with Gasteiger partial charge in [-0.15, -0.1) is 0 Å². The van der Waals surface area contributed by atoms with E-state index in [1.54, 1.807) is 26.4 Å². The maximum absolute atomic E-state index is 13.4. The van der Waals surface area contributed by atoms with Crippen LogP contribution in [0.1, 0.15) is 24.0 Å². The fourth-order valence-corrected chi connectivity index (χ4v) is 3.36. The predicted octanol–water partition coefficient (Wildman–Crippen LogP) is 3.20. The van der Waals surface area contributed by atoms with Gasteiger partial charge in [-0.3, -0.25) is 0 Å². The molecule has 1 saturated heterocycles. The fraction of sp³-hybridized carbons (Fsp3) is 0.350. The molecule has 136 valence electrons. The highest BCUT2D eigenvalue weighted by atomic mass is 19.1. The van der Waals surface area contributed by atoms with E-state index in [1.165, 1.54) is 12.1 Å². The molecule has 0 aromatic heterocycles. The van der Waals surface area contributed by atoms with Gasteiger partial charge in [0.2, 0.25) is 0 Å². The summed E-state index contributed by atoms with van der Waals surface area (Å²) in [6.45, 7) is 1.10. The summed E-state index contributed by atoms with van der Waals surface area (Å²) in [7, 11) is 3.15. The van der Waals surface area contributed by atoms with Crippen LogP contribution in [0, 0.1) is 17.1 Å². The molecule has 0 unspecified atom stereocenters. The van der Waals surface area contributed by atoms with Crippen molar-refractivity contribution in [3.05, 3.63) is 53.3 Å². The average molecular weight is 356 g/mol. The third kappa shape index (κ3) is 3.44. The molecule has 26 heavy (non-hydrogen) atoms. The number of aliphatic hydroxyl groups is 1. The van der Waals surface area contributed by atoms with Gasteiger partial charge in [0.25, 0.3) is 0 Å². The van der Waals surface area contributed by atoms with Gasteiger partial charge in [0.05, 0.1) is 31.1 Å². The van der Waals surface area contributed by atoms with Gasteiger partial charge in [0, 0.05) is 19.2 Å². The molecule has 3 rings (SSSR count). The Morgan fingerprint density at radius 2 is 1.69 bits per heavy atom. The average Bonchev–Trinajstić information content (AvgIpc) is 2.68. The summed E-state index contributed by atoms with van der Waals surface area (Å²) in [6.07, 6.45) is 0.955. The van der Waals surface area contributed by atoms with E-state index in [9.17, 15) is 14.8 Å². The standard InChI is InChI=1S/C20H21FN2O3/c1-25-17-10-15(11-18(12-17)26-2)20(24)5-7-23(8-6-20)19-4-3-16(21)9-14(19)13-22/h3-4,9-12,24H,5-8H2,1-2H3. The van der Waals surface area contributed by atoms with Crippen LogP contribution in [-0.4, -0.2) is 32.4 Å². The maximum Gasteiger partial charge on any atom is 0.124 e. The van der Waals surface area contributed by atoms with Crippen LogP contribution in [0.3, 0.4) is 0 Å². The highest BCUT2D eigenvalue weighted by Gasteiger charge is 2.35. The molecule has 1 aliphatic heterocycles. The SMILES string of the molecule is COc1cc(OC)cc(C2(O)CCN(c3ccc(F)cc3C#N)CC2)c1. The largest absolute Gasteiger partial charge is 0.497 e. The monoisotopic (exact) mass is 356 g/mol. The Morgan fingerprint density at radius 3 is 2.23 bits per heavy atom. The molecule has 0 saturated carbocycles. The zero-order valence-electron chi connectivity index (χ0n) is 14.8. The molecule has 0 atom stereocenters. The Kier molecular flexibility index (Phi) is 5.01. The summed E-state index contributed by atoms with van der Waals surface area (Å²) in [5, 5.41) is 20.4. The molecule has 6 heteroatoms. The van der Waals surface area contributed by atoms with Crippen LogP contribution in [-0.2, 0) is 5.60 Å². The zero-order chi connectivity index (χ0) is 18.7. The van der Waals surface area contributed by atoms with E-state index in [0.717, 1.165) is 5.56 Å². The molecule has 0 aliphatic carbocycles. The van der Waals surface area contributed by atoms with E-state index in [0.29, 0.717) is 48.7 Å². The van der Waals surface area contributed by atoms with Crippen LogP contribution >= 0.6 is 0 Å². The minimum atomic E-state index is -1.01. The first-order valence-corrected chi connectivity index (χ1v) is 8.39. The van der Waals surface area contributed by atoms with Crippen molar-refractivity contribution in [3.8, 4) is 17.6 Å². The summed E-state index contributed by atoms with van der Waals surface area (Å²) >= 11 is 0. The van der Waals surface area contributed by atoms with Crippen molar-refractivity contribution in [2.75, 3.05) is 32.2 Å². The number of nitrogens with zero attached hydrogens (tertiary/aromatic N) is 2. The van der Waals surface area contributed by atoms with Gasteiger partial charge in [-0.25, -0.2) is 4.39 Å².